The largest absolute Gasteiger partial charge is 0.314 e. The van der Waals surface area contributed by atoms with E-state index in [1.54, 1.807) is 11.3 Å². The Kier molecular flexibility index (Phi) is 3.86. The third-order valence-corrected chi connectivity index (χ3v) is 4.49. The molecule has 1 aliphatic heterocycles. The van der Waals surface area contributed by atoms with Crippen LogP contribution >= 0.6 is 11.3 Å². The quantitative estimate of drug-likeness (QED) is 0.931. The number of aromatic nitrogens is 2. The zero-order valence-electron chi connectivity index (χ0n) is 11.7. The van der Waals surface area contributed by atoms with Crippen molar-refractivity contribution < 1.29 is 0 Å². The van der Waals surface area contributed by atoms with Crippen molar-refractivity contribution in [2.75, 3.05) is 19.6 Å². The van der Waals surface area contributed by atoms with Gasteiger partial charge in [0.15, 0.2) is 4.96 Å². The van der Waals surface area contributed by atoms with Crippen LogP contribution in [0.1, 0.15) is 26.0 Å². The van der Waals surface area contributed by atoms with Crippen molar-refractivity contribution in [3.05, 3.63) is 23.5 Å². The smallest absolute Gasteiger partial charge is 0.193 e. The first-order valence-electron chi connectivity index (χ1n) is 7.08. The fourth-order valence-corrected chi connectivity index (χ4v) is 3.57. The van der Waals surface area contributed by atoms with E-state index in [1.165, 1.54) is 12.1 Å². The molecule has 4 nitrogen and oxygen atoms in total. The molecule has 1 atom stereocenters. The predicted molar refractivity (Wildman–Crippen MR) is 79.6 cm³/mol. The van der Waals surface area contributed by atoms with Crippen LogP contribution in [0.5, 0.6) is 0 Å². The first kappa shape index (κ1) is 13.1. The average molecular weight is 278 g/mol. The van der Waals surface area contributed by atoms with Crippen LogP contribution in [0.15, 0.2) is 17.8 Å². The lowest BCUT2D eigenvalue weighted by Gasteiger charge is -2.36. The molecule has 2 aromatic rings. The molecule has 0 saturated carbocycles. The summed E-state index contributed by atoms with van der Waals surface area (Å²) in [5, 5.41) is 5.59. The second kappa shape index (κ2) is 5.61. The number of thiazole rings is 1. The number of fused-ring (bicyclic) bond motifs is 1. The number of imidazole rings is 1. The van der Waals surface area contributed by atoms with Crippen LogP contribution < -0.4 is 5.32 Å². The van der Waals surface area contributed by atoms with E-state index in [2.05, 4.69) is 46.2 Å². The van der Waals surface area contributed by atoms with Gasteiger partial charge in [-0.3, -0.25) is 9.30 Å². The molecule has 3 heterocycles. The second-order valence-electron chi connectivity index (χ2n) is 5.78. The highest BCUT2D eigenvalue weighted by Gasteiger charge is 2.23. The van der Waals surface area contributed by atoms with Crippen LogP contribution in [0.2, 0.25) is 0 Å². The van der Waals surface area contributed by atoms with Gasteiger partial charge in [-0.15, -0.1) is 11.3 Å². The molecule has 1 fully saturated rings. The lowest BCUT2D eigenvalue weighted by molar-refractivity contribution is 0.133. The first-order valence-corrected chi connectivity index (χ1v) is 7.96. The Balaban J connectivity index is 1.70. The van der Waals surface area contributed by atoms with Crippen molar-refractivity contribution in [1.82, 2.24) is 19.6 Å². The molecule has 0 aromatic carbocycles. The van der Waals surface area contributed by atoms with Crippen molar-refractivity contribution in [3.8, 4) is 0 Å². The van der Waals surface area contributed by atoms with Gasteiger partial charge in [0.05, 0.1) is 5.69 Å². The lowest BCUT2D eigenvalue weighted by Crippen LogP contribution is -2.51. The molecule has 0 radical (unpaired) electrons. The number of rotatable bonds is 4. The van der Waals surface area contributed by atoms with Crippen LogP contribution in [0.3, 0.4) is 0 Å². The molecule has 104 valence electrons. The minimum atomic E-state index is 0.647. The standard InChI is InChI=1S/C14H22N4S/c1-11(2)7-13-8-15-3-4-17(13)9-12-10-18-5-6-19-14(18)16-12/h5-6,10-11,13,15H,3-4,7-9H2,1-2H3. The maximum absolute atomic E-state index is 4.70. The summed E-state index contributed by atoms with van der Waals surface area (Å²) in [4.78, 5) is 8.39. The van der Waals surface area contributed by atoms with Crippen molar-refractivity contribution in [3.63, 3.8) is 0 Å². The van der Waals surface area contributed by atoms with Gasteiger partial charge in [0.2, 0.25) is 0 Å². The van der Waals surface area contributed by atoms with Crippen LogP contribution in [-0.4, -0.2) is 40.0 Å². The van der Waals surface area contributed by atoms with Gasteiger partial charge in [0, 0.05) is 50.0 Å². The fourth-order valence-electron chi connectivity index (χ4n) is 2.85. The zero-order chi connectivity index (χ0) is 13.2. The molecular weight excluding hydrogens is 256 g/mol. The van der Waals surface area contributed by atoms with Gasteiger partial charge in [-0.25, -0.2) is 4.98 Å². The highest BCUT2D eigenvalue weighted by atomic mass is 32.1. The molecule has 5 heteroatoms. The number of nitrogens with one attached hydrogen (secondary N) is 1. The number of hydrogen-bond acceptors (Lipinski definition) is 4. The summed E-state index contributed by atoms with van der Waals surface area (Å²) in [5.41, 5.74) is 1.20. The number of piperazine rings is 1. The SMILES string of the molecule is CC(C)CC1CNCCN1Cc1cn2ccsc2n1. The molecule has 1 unspecified atom stereocenters. The van der Waals surface area contributed by atoms with Gasteiger partial charge in [0.1, 0.15) is 0 Å². The maximum atomic E-state index is 4.70. The van der Waals surface area contributed by atoms with Crippen LogP contribution in [0.25, 0.3) is 4.96 Å². The first-order chi connectivity index (χ1) is 9.22. The minimum absolute atomic E-state index is 0.647. The molecule has 19 heavy (non-hydrogen) atoms. The van der Waals surface area contributed by atoms with Crippen molar-refractivity contribution >= 4 is 16.3 Å². The Hall–Kier alpha value is -0.910. The number of hydrogen-bond donors (Lipinski definition) is 1. The summed E-state index contributed by atoms with van der Waals surface area (Å²) in [6.07, 6.45) is 5.51. The third-order valence-electron chi connectivity index (χ3n) is 3.72. The predicted octanol–water partition coefficient (Wildman–Crippen LogP) is 2.22. The minimum Gasteiger partial charge on any atom is -0.314 e. The van der Waals surface area contributed by atoms with Crippen molar-refractivity contribution in [1.29, 1.82) is 0 Å². The van der Waals surface area contributed by atoms with Crippen molar-refractivity contribution in [2.24, 2.45) is 5.92 Å². The second-order valence-corrected chi connectivity index (χ2v) is 6.66. The zero-order valence-corrected chi connectivity index (χ0v) is 12.5. The van der Waals surface area contributed by atoms with E-state index in [9.17, 15) is 0 Å². The van der Waals surface area contributed by atoms with E-state index in [4.69, 9.17) is 4.98 Å². The Labute approximate surface area is 118 Å². The molecule has 1 aliphatic rings. The van der Waals surface area contributed by atoms with E-state index in [0.717, 1.165) is 37.1 Å². The molecule has 1 N–H and O–H groups in total. The molecule has 2 aromatic heterocycles. The van der Waals surface area contributed by atoms with Gasteiger partial charge < -0.3 is 5.32 Å². The number of nitrogens with zero attached hydrogens (tertiary/aromatic N) is 3. The lowest BCUT2D eigenvalue weighted by atomic mass is 10.0. The Morgan fingerprint density at radius 2 is 2.42 bits per heavy atom. The molecule has 0 amide bonds. The molecular formula is C14H22N4S. The Morgan fingerprint density at radius 3 is 3.21 bits per heavy atom. The maximum Gasteiger partial charge on any atom is 0.193 e. The summed E-state index contributed by atoms with van der Waals surface area (Å²) < 4.78 is 2.12. The van der Waals surface area contributed by atoms with E-state index in [1.807, 2.05) is 0 Å². The summed E-state index contributed by atoms with van der Waals surface area (Å²) in [5.74, 6) is 0.748. The van der Waals surface area contributed by atoms with E-state index in [-0.39, 0.29) is 0 Å². The van der Waals surface area contributed by atoms with Crippen LogP contribution in [-0.2, 0) is 6.54 Å². The van der Waals surface area contributed by atoms with E-state index in [0.29, 0.717) is 6.04 Å². The molecule has 1 saturated heterocycles. The summed E-state index contributed by atoms with van der Waals surface area (Å²) in [6, 6.07) is 0.647. The monoisotopic (exact) mass is 278 g/mol. The normalized spacial score (nSPS) is 21.5. The van der Waals surface area contributed by atoms with Gasteiger partial charge in [-0.05, 0) is 12.3 Å². The average Bonchev–Trinajstić information content (AvgIpc) is 2.91. The highest BCUT2D eigenvalue weighted by Crippen LogP contribution is 2.18. The van der Waals surface area contributed by atoms with Crippen molar-refractivity contribution in [2.45, 2.75) is 32.9 Å². The van der Waals surface area contributed by atoms with Gasteiger partial charge >= 0.3 is 0 Å². The highest BCUT2D eigenvalue weighted by molar-refractivity contribution is 7.15. The fraction of sp³-hybridized carbons (Fsp3) is 0.643. The van der Waals surface area contributed by atoms with Gasteiger partial charge in [0.25, 0.3) is 0 Å². The Bertz CT molecular complexity index is 502. The summed E-state index contributed by atoms with van der Waals surface area (Å²) in [6.45, 7) is 8.92. The van der Waals surface area contributed by atoms with E-state index < -0.39 is 0 Å². The third kappa shape index (κ3) is 2.99. The molecule has 0 spiro atoms. The van der Waals surface area contributed by atoms with E-state index >= 15 is 0 Å². The van der Waals surface area contributed by atoms with Crippen LogP contribution in [0, 0.1) is 5.92 Å². The summed E-state index contributed by atoms with van der Waals surface area (Å²) >= 11 is 1.70. The summed E-state index contributed by atoms with van der Waals surface area (Å²) in [7, 11) is 0. The molecule has 0 aliphatic carbocycles. The van der Waals surface area contributed by atoms with Gasteiger partial charge in [-0.2, -0.15) is 0 Å². The van der Waals surface area contributed by atoms with Crippen LogP contribution in [0.4, 0.5) is 0 Å². The molecule has 3 rings (SSSR count). The molecule has 0 bridgehead atoms. The van der Waals surface area contributed by atoms with Gasteiger partial charge in [-0.1, -0.05) is 13.8 Å². The topological polar surface area (TPSA) is 32.6 Å². The Morgan fingerprint density at radius 1 is 1.53 bits per heavy atom.